The highest BCUT2D eigenvalue weighted by atomic mass is 32.2. The van der Waals surface area contributed by atoms with Crippen molar-refractivity contribution in [1.82, 2.24) is 5.32 Å². The van der Waals surface area contributed by atoms with Gasteiger partial charge in [-0.05, 0) is 12.1 Å². The van der Waals surface area contributed by atoms with Crippen LogP contribution in [0.5, 0.6) is 0 Å². The molecular formula is C13H17NO6S. The van der Waals surface area contributed by atoms with Crippen molar-refractivity contribution >= 4 is 21.7 Å². The van der Waals surface area contributed by atoms with Crippen LogP contribution in [0.3, 0.4) is 0 Å². The van der Waals surface area contributed by atoms with Crippen molar-refractivity contribution in [1.29, 1.82) is 0 Å². The molecule has 1 aromatic carbocycles. The second-order valence-corrected chi connectivity index (χ2v) is 6.48. The number of aliphatic hydroxyl groups excluding tert-OH is 1. The molecule has 1 atom stereocenters. The standard InChI is InChI=1S/C13H17NO6S/c15-11(13(17)18)6-8-14-12(16)7-9-21(19,20)10-4-2-1-3-5-10/h1-5,11,15H,6-9H2,(H,14,16)(H,17,18). The van der Waals surface area contributed by atoms with E-state index in [9.17, 15) is 18.0 Å². The molecule has 21 heavy (non-hydrogen) atoms. The molecule has 0 bridgehead atoms. The molecule has 0 fully saturated rings. The zero-order chi connectivity index (χ0) is 15.9. The Morgan fingerprint density at radius 3 is 2.38 bits per heavy atom. The first-order chi connectivity index (χ1) is 9.83. The summed E-state index contributed by atoms with van der Waals surface area (Å²) in [6, 6.07) is 7.80. The smallest absolute Gasteiger partial charge is 0.332 e. The van der Waals surface area contributed by atoms with Gasteiger partial charge in [-0.2, -0.15) is 0 Å². The first kappa shape index (κ1) is 17.1. The molecule has 0 heterocycles. The molecule has 1 aromatic rings. The van der Waals surface area contributed by atoms with Crippen molar-refractivity contribution in [3.63, 3.8) is 0 Å². The molecule has 8 heteroatoms. The number of carbonyl (C=O) groups is 2. The number of aliphatic carboxylic acids is 1. The lowest BCUT2D eigenvalue weighted by molar-refractivity contribution is -0.147. The summed E-state index contributed by atoms with van der Waals surface area (Å²) in [5.41, 5.74) is 0. The quantitative estimate of drug-likeness (QED) is 0.611. The van der Waals surface area contributed by atoms with E-state index in [0.29, 0.717) is 0 Å². The summed E-state index contributed by atoms with van der Waals surface area (Å²) >= 11 is 0. The van der Waals surface area contributed by atoms with Gasteiger partial charge in [0, 0.05) is 19.4 Å². The molecule has 1 amide bonds. The summed E-state index contributed by atoms with van der Waals surface area (Å²) in [6.45, 7) is -0.0301. The maximum Gasteiger partial charge on any atom is 0.332 e. The third-order valence-electron chi connectivity index (χ3n) is 2.73. The van der Waals surface area contributed by atoms with Crippen LogP contribution >= 0.6 is 0 Å². The summed E-state index contributed by atoms with van der Waals surface area (Å²) in [4.78, 5) is 22.0. The van der Waals surface area contributed by atoms with Crippen LogP contribution in [-0.2, 0) is 19.4 Å². The van der Waals surface area contributed by atoms with Gasteiger partial charge < -0.3 is 15.5 Å². The van der Waals surface area contributed by atoms with Crippen molar-refractivity contribution < 1.29 is 28.2 Å². The molecule has 0 aliphatic carbocycles. The van der Waals surface area contributed by atoms with Gasteiger partial charge in [0.2, 0.25) is 5.91 Å². The van der Waals surface area contributed by atoms with Gasteiger partial charge in [0.25, 0.3) is 0 Å². The summed E-state index contributed by atoms with van der Waals surface area (Å²) in [6.07, 6.45) is -1.90. The fourth-order valence-electron chi connectivity index (χ4n) is 1.53. The first-order valence-electron chi connectivity index (χ1n) is 6.28. The topological polar surface area (TPSA) is 121 Å². The van der Waals surface area contributed by atoms with Crippen molar-refractivity contribution in [2.45, 2.75) is 23.8 Å². The van der Waals surface area contributed by atoms with Gasteiger partial charge in [-0.25, -0.2) is 13.2 Å². The van der Waals surface area contributed by atoms with Gasteiger partial charge in [-0.1, -0.05) is 18.2 Å². The Balaban J connectivity index is 2.38. The number of carbonyl (C=O) groups excluding carboxylic acids is 1. The molecule has 1 unspecified atom stereocenters. The predicted molar refractivity (Wildman–Crippen MR) is 74.4 cm³/mol. The Labute approximate surface area is 122 Å². The van der Waals surface area contributed by atoms with Gasteiger partial charge in [-0.3, -0.25) is 4.79 Å². The fourth-order valence-corrected chi connectivity index (χ4v) is 2.79. The van der Waals surface area contributed by atoms with E-state index in [1.165, 1.54) is 12.1 Å². The molecule has 7 nitrogen and oxygen atoms in total. The Hall–Kier alpha value is -1.93. The van der Waals surface area contributed by atoms with E-state index in [-0.39, 0.29) is 30.0 Å². The number of aliphatic hydroxyl groups is 1. The zero-order valence-corrected chi connectivity index (χ0v) is 12.0. The van der Waals surface area contributed by atoms with Gasteiger partial charge in [-0.15, -0.1) is 0 Å². The van der Waals surface area contributed by atoms with Crippen LogP contribution in [0.2, 0.25) is 0 Å². The van der Waals surface area contributed by atoms with Crippen LogP contribution in [-0.4, -0.2) is 48.9 Å². The maximum atomic E-state index is 11.9. The minimum absolute atomic E-state index is 0.0301. The van der Waals surface area contributed by atoms with Gasteiger partial charge >= 0.3 is 5.97 Å². The number of rotatable bonds is 8. The minimum Gasteiger partial charge on any atom is -0.479 e. The summed E-state index contributed by atoms with van der Waals surface area (Å²) in [7, 11) is -3.51. The number of hydrogen-bond donors (Lipinski definition) is 3. The Kier molecular flexibility index (Phi) is 6.32. The molecule has 0 saturated heterocycles. The molecule has 0 aromatic heterocycles. The number of benzene rings is 1. The van der Waals surface area contributed by atoms with E-state index >= 15 is 0 Å². The third kappa shape index (κ3) is 5.92. The fraction of sp³-hybridized carbons (Fsp3) is 0.385. The van der Waals surface area contributed by atoms with Gasteiger partial charge in [0.15, 0.2) is 15.9 Å². The minimum atomic E-state index is -3.51. The molecule has 1 rings (SSSR count). The van der Waals surface area contributed by atoms with Crippen LogP contribution in [0.4, 0.5) is 0 Å². The normalized spacial score (nSPS) is 12.6. The first-order valence-corrected chi connectivity index (χ1v) is 7.93. The lowest BCUT2D eigenvalue weighted by atomic mass is 10.2. The zero-order valence-electron chi connectivity index (χ0n) is 11.2. The van der Waals surface area contributed by atoms with Gasteiger partial charge in [0.1, 0.15) is 0 Å². The lowest BCUT2D eigenvalue weighted by Gasteiger charge is -2.08. The molecular weight excluding hydrogens is 298 g/mol. The number of nitrogens with one attached hydrogen (secondary N) is 1. The predicted octanol–water partition coefficient (Wildman–Crippen LogP) is -0.198. The molecule has 0 radical (unpaired) electrons. The van der Waals surface area contributed by atoms with E-state index in [2.05, 4.69) is 5.32 Å². The van der Waals surface area contributed by atoms with Crippen LogP contribution in [0, 0.1) is 0 Å². The van der Waals surface area contributed by atoms with E-state index in [4.69, 9.17) is 10.2 Å². The monoisotopic (exact) mass is 315 g/mol. The van der Waals surface area contributed by atoms with Crippen molar-refractivity contribution in [2.24, 2.45) is 0 Å². The molecule has 0 aliphatic rings. The second kappa shape index (κ2) is 7.75. The van der Waals surface area contributed by atoms with Crippen LogP contribution in [0.15, 0.2) is 35.2 Å². The highest BCUT2D eigenvalue weighted by molar-refractivity contribution is 7.91. The molecule has 116 valence electrons. The SMILES string of the molecule is O=C(CCS(=O)(=O)c1ccccc1)NCCC(O)C(=O)O. The Morgan fingerprint density at radius 2 is 1.81 bits per heavy atom. The van der Waals surface area contributed by atoms with Crippen molar-refractivity contribution in [2.75, 3.05) is 12.3 Å². The van der Waals surface area contributed by atoms with Gasteiger partial charge in [0.05, 0.1) is 10.6 Å². The van der Waals surface area contributed by atoms with Crippen LogP contribution < -0.4 is 5.32 Å². The second-order valence-electron chi connectivity index (χ2n) is 4.37. The Bertz CT molecular complexity index is 584. The van der Waals surface area contributed by atoms with E-state index in [1.807, 2.05) is 0 Å². The molecule has 0 spiro atoms. The van der Waals surface area contributed by atoms with Crippen molar-refractivity contribution in [3.8, 4) is 0 Å². The molecule has 0 aliphatic heterocycles. The van der Waals surface area contributed by atoms with Crippen LogP contribution in [0.1, 0.15) is 12.8 Å². The molecule has 0 saturated carbocycles. The summed E-state index contributed by atoms with van der Waals surface area (Å²) < 4.78 is 23.8. The number of hydrogen-bond acceptors (Lipinski definition) is 5. The largest absolute Gasteiger partial charge is 0.479 e. The molecule has 3 N–H and O–H groups in total. The number of carboxylic acid groups (broad SMARTS) is 1. The number of sulfone groups is 1. The number of carboxylic acids is 1. The van der Waals surface area contributed by atoms with E-state index in [1.54, 1.807) is 18.2 Å². The van der Waals surface area contributed by atoms with E-state index in [0.717, 1.165) is 0 Å². The highest BCUT2D eigenvalue weighted by Gasteiger charge is 2.17. The summed E-state index contributed by atoms with van der Waals surface area (Å²) in [5, 5.41) is 19.8. The Morgan fingerprint density at radius 1 is 1.19 bits per heavy atom. The maximum absolute atomic E-state index is 11.9. The lowest BCUT2D eigenvalue weighted by Crippen LogP contribution is -2.31. The van der Waals surface area contributed by atoms with Crippen molar-refractivity contribution in [3.05, 3.63) is 30.3 Å². The highest BCUT2D eigenvalue weighted by Crippen LogP contribution is 2.10. The summed E-state index contributed by atoms with van der Waals surface area (Å²) in [5.74, 6) is -2.20. The third-order valence-corrected chi connectivity index (χ3v) is 4.46. The average molecular weight is 315 g/mol. The van der Waals surface area contributed by atoms with Crippen LogP contribution in [0.25, 0.3) is 0 Å². The average Bonchev–Trinajstić information content (AvgIpc) is 2.46. The van der Waals surface area contributed by atoms with E-state index < -0.39 is 27.8 Å². The number of amides is 1.